The quantitative estimate of drug-likeness (QED) is 0.671. The van der Waals surface area contributed by atoms with Gasteiger partial charge in [-0.2, -0.15) is 0 Å². The Labute approximate surface area is 155 Å². The summed E-state index contributed by atoms with van der Waals surface area (Å²) in [5, 5.41) is 1.81. The van der Waals surface area contributed by atoms with Crippen LogP contribution in [0.5, 0.6) is 0 Å². The van der Waals surface area contributed by atoms with Gasteiger partial charge in [0, 0.05) is 24.6 Å². The molecule has 0 saturated carbocycles. The third kappa shape index (κ3) is 3.68. The van der Waals surface area contributed by atoms with Gasteiger partial charge in [-0.1, -0.05) is 12.1 Å². The third-order valence-corrected chi connectivity index (χ3v) is 6.00. The average Bonchev–Trinajstić information content (AvgIpc) is 3.10. The molecule has 3 rings (SSSR count). The minimum absolute atomic E-state index is 0.199. The van der Waals surface area contributed by atoms with Crippen LogP contribution in [0.25, 0.3) is 11.1 Å². The Hall–Kier alpha value is -2.51. The normalized spacial score (nSPS) is 11.3. The van der Waals surface area contributed by atoms with Gasteiger partial charge in [-0.05, 0) is 53.4 Å². The SMILES string of the molecule is CN(C(=O)c1sccc1-c1ccc(F)cc1)c1ccc(S(C)(=O)=O)cc1. The maximum Gasteiger partial charge on any atom is 0.268 e. The van der Waals surface area contributed by atoms with E-state index >= 15 is 0 Å². The molecule has 26 heavy (non-hydrogen) atoms. The molecule has 0 radical (unpaired) electrons. The van der Waals surface area contributed by atoms with Crippen molar-refractivity contribution in [1.29, 1.82) is 0 Å². The van der Waals surface area contributed by atoms with Crippen LogP contribution in [-0.2, 0) is 9.84 Å². The number of rotatable bonds is 4. The highest BCUT2D eigenvalue weighted by molar-refractivity contribution is 7.90. The molecule has 7 heteroatoms. The molecule has 134 valence electrons. The van der Waals surface area contributed by atoms with Gasteiger partial charge in [-0.3, -0.25) is 4.79 Å². The predicted molar refractivity (Wildman–Crippen MR) is 102 cm³/mol. The van der Waals surface area contributed by atoms with Crippen molar-refractivity contribution in [1.82, 2.24) is 0 Å². The molecule has 0 unspecified atom stereocenters. The molecule has 0 bridgehead atoms. The second-order valence-corrected chi connectivity index (χ2v) is 8.73. The van der Waals surface area contributed by atoms with E-state index in [0.717, 1.165) is 17.4 Å². The highest BCUT2D eigenvalue weighted by Crippen LogP contribution is 2.30. The van der Waals surface area contributed by atoms with Crippen LogP contribution in [-0.4, -0.2) is 27.6 Å². The first-order chi connectivity index (χ1) is 12.3. The zero-order chi connectivity index (χ0) is 18.9. The molecular formula is C19H16FNO3S2. The van der Waals surface area contributed by atoms with E-state index < -0.39 is 9.84 Å². The summed E-state index contributed by atoms with van der Waals surface area (Å²) >= 11 is 1.31. The standard InChI is InChI=1S/C19H16FNO3S2/c1-21(15-7-9-16(10-8-15)26(2,23)24)19(22)18-17(11-12-25-18)13-3-5-14(20)6-4-13/h3-12H,1-2H3. The summed E-state index contributed by atoms with van der Waals surface area (Å²) in [5.74, 6) is -0.550. The van der Waals surface area contributed by atoms with E-state index in [2.05, 4.69) is 0 Å². The predicted octanol–water partition coefficient (Wildman–Crippen LogP) is 4.23. The maximum absolute atomic E-state index is 13.1. The van der Waals surface area contributed by atoms with Crippen LogP contribution in [0.2, 0.25) is 0 Å². The summed E-state index contributed by atoms with van der Waals surface area (Å²) < 4.78 is 36.2. The number of amides is 1. The molecule has 1 amide bonds. The molecule has 3 aromatic rings. The number of benzene rings is 2. The number of nitrogens with zero attached hydrogens (tertiary/aromatic N) is 1. The van der Waals surface area contributed by atoms with Gasteiger partial charge in [0.05, 0.1) is 4.90 Å². The molecule has 0 saturated heterocycles. The van der Waals surface area contributed by atoms with Crippen molar-refractivity contribution < 1.29 is 17.6 Å². The molecule has 0 atom stereocenters. The van der Waals surface area contributed by atoms with Gasteiger partial charge in [0.25, 0.3) is 5.91 Å². The van der Waals surface area contributed by atoms with Gasteiger partial charge in [-0.15, -0.1) is 11.3 Å². The van der Waals surface area contributed by atoms with Crippen molar-refractivity contribution in [3.05, 3.63) is 70.7 Å². The Morgan fingerprint density at radius 2 is 1.62 bits per heavy atom. The Kier molecular flexibility index (Phi) is 4.93. The van der Waals surface area contributed by atoms with Crippen LogP contribution in [0.4, 0.5) is 10.1 Å². The molecule has 0 aliphatic rings. The molecule has 0 N–H and O–H groups in total. The van der Waals surface area contributed by atoms with Crippen molar-refractivity contribution in [3.63, 3.8) is 0 Å². The summed E-state index contributed by atoms with van der Waals surface area (Å²) in [7, 11) is -1.66. The van der Waals surface area contributed by atoms with Gasteiger partial charge in [0.1, 0.15) is 10.7 Å². The molecule has 0 fully saturated rings. The fourth-order valence-corrected chi connectivity index (χ4v) is 4.04. The smallest absolute Gasteiger partial charge is 0.268 e. The number of anilines is 1. The van der Waals surface area contributed by atoms with Crippen LogP contribution >= 0.6 is 11.3 Å². The monoisotopic (exact) mass is 389 g/mol. The number of hydrogen-bond donors (Lipinski definition) is 0. The van der Waals surface area contributed by atoms with E-state index in [1.165, 1.54) is 40.5 Å². The number of carbonyl (C=O) groups is 1. The van der Waals surface area contributed by atoms with Crippen molar-refractivity contribution in [3.8, 4) is 11.1 Å². The van der Waals surface area contributed by atoms with Gasteiger partial charge in [0.15, 0.2) is 9.84 Å². The van der Waals surface area contributed by atoms with E-state index in [-0.39, 0.29) is 16.6 Å². The lowest BCUT2D eigenvalue weighted by atomic mass is 10.1. The van der Waals surface area contributed by atoms with Crippen LogP contribution in [0.1, 0.15) is 9.67 Å². The highest BCUT2D eigenvalue weighted by Gasteiger charge is 2.20. The lowest BCUT2D eigenvalue weighted by Gasteiger charge is -2.18. The van der Waals surface area contributed by atoms with Gasteiger partial charge >= 0.3 is 0 Å². The molecule has 0 aliphatic heterocycles. The average molecular weight is 389 g/mol. The zero-order valence-electron chi connectivity index (χ0n) is 14.1. The lowest BCUT2D eigenvalue weighted by molar-refractivity contribution is 0.0997. The number of halogens is 1. The van der Waals surface area contributed by atoms with Crippen molar-refractivity contribution in [2.45, 2.75) is 4.90 Å². The maximum atomic E-state index is 13.1. The summed E-state index contributed by atoms with van der Waals surface area (Å²) in [6.45, 7) is 0. The van der Waals surface area contributed by atoms with Crippen molar-refractivity contribution >= 4 is 32.8 Å². The minimum atomic E-state index is -3.29. The van der Waals surface area contributed by atoms with Crippen LogP contribution in [0.3, 0.4) is 0 Å². The second-order valence-electron chi connectivity index (χ2n) is 5.80. The molecule has 1 aromatic heterocycles. The lowest BCUT2D eigenvalue weighted by Crippen LogP contribution is -2.25. The highest BCUT2D eigenvalue weighted by atomic mass is 32.2. The fraction of sp³-hybridized carbons (Fsp3) is 0.105. The molecule has 4 nitrogen and oxygen atoms in total. The van der Waals surface area contributed by atoms with Crippen LogP contribution in [0.15, 0.2) is 64.9 Å². The van der Waals surface area contributed by atoms with Gasteiger partial charge in [-0.25, -0.2) is 12.8 Å². The Balaban J connectivity index is 1.90. The van der Waals surface area contributed by atoms with E-state index in [4.69, 9.17) is 0 Å². The minimum Gasteiger partial charge on any atom is -0.311 e. The van der Waals surface area contributed by atoms with E-state index in [1.807, 2.05) is 11.4 Å². The van der Waals surface area contributed by atoms with Crippen LogP contribution < -0.4 is 4.90 Å². The van der Waals surface area contributed by atoms with E-state index in [0.29, 0.717) is 10.6 Å². The summed E-state index contributed by atoms with van der Waals surface area (Å²) in [6, 6.07) is 14.0. The first-order valence-corrected chi connectivity index (χ1v) is 10.5. The first kappa shape index (κ1) is 18.3. The summed E-state index contributed by atoms with van der Waals surface area (Å²) in [5.41, 5.74) is 2.08. The Bertz CT molecular complexity index is 1040. The fourth-order valence-electron chi connectivity index (χ4n) is 2.52. The third-order valence-electron chi connectivity index (χ3n) is 3.97. The second kappa shape index (κ2) is 7.01. The van der Waals surface area contributed by atoms with Crippen molar-refractivity contribution in [2.24, 2.45) is 0 Å². The number of thiophene rings is 1. The zero-order valence-corrected chi connectivity index (χ0v) is 15.8. The van der Waals surface area contributed by atoms with E-state index in [9.17, 15) is 17.6 Å². The Morgan fingerprint density at radius 3 is 2.19 bits per heavy atom. The van der Waals surface area contributed by atoms with Crippen molar-refractivity contribution in [2.75, 3.05) is 18.2 Å². The largest absolute Gasteiger partial charge is 0.311 e. The molecule has 1 heterocycles. The Morgan fingerprint density at radius 1 is 1.00 bits per heavy atom. The van der Waals surface area contributed by atoms with E-state index in [1.54, 1.807) is 31.3 Å². The number of carbonyl (C=O) groups excluding carboxylic acids is 1. The van der Waals surface area contributed by atoms with Crippen LogP contribution in [0, 0.1) is 5.82 Å². The summed E-state index contributed by atoms with van der Waals surface area (Å²) in [4.78, 5) is 15.1. The summed E-state index contributed by atoms with van der Waals surface area (Å²) in [6.07, 6.45) is 1.14. The number of sulfone groups is 1. The molecule has 0 spiro atoms. The van der Waals surface area contributed by atoms with Gasteiger partial charge in [0.2, 0.25) is 0 Å². The number of hydrogen-bond acceptors (Lipinski definition) is 4. The molecule has 2 aromatic carbocycles. The topological polar surface area (TPSA) is 54.5 Å². The first-order valence-electron chi connectivity index (χ1n) is 7.69. The molecular weight excluding hydrogens is 373 g/mol. The molecule has 0 aliphatic carbocycles. The van der Waals surface area contributed by atoms with Gasteiger partial charge < -0.3 is 4.90 Å².